The van der Waals surface area contributed by atoms with Gasteiger partial charge in [0.2, 0.25) is 5.91 Å². The second kappa shape index (κ2) is 9.37. The highest BCUT2D eigenvalue weighted by molar-refractivity contribution is 5.88. The third kappa shape index (κ3) is 5.22. The molecular weight excluding hydrogens is 368 g/mol. The molecule has 2 atom stereocenters. The number of hydrogen-bond donors (Lipinski definition) is 1. The minimum atomic E-state index is -0.544. The molecule has 3 rings (SSSR count). The average molecular weight is 394 g/mol. The van der Waals surface area contributed by atoms with E-state index in [-0.39, 0.29) is 30.9 Å². The molecule has 0 bridgehead atoms. The van der Waals surface area contributed by atoms with Crippen LogP contribution in [-0.2, 0) is 25.7 Å². The zero-order valence-electron chi connectivity index (χ0n) is 16.8. The van der Waals surface area contributed by atoms with E-state index < -0.39 is 11.9 Å². The van der Waals surface area contributed by atoms with E-state index in [1.807, 2.05) is 68.4 Å². The summed E-state index contributed by atoms with van der Waals surface area (Å²) in [5.74, 6) is -1.49. The van der Waals surface area contributed by atoms with E-state index in [2.05, 4.69) is 5.32 Å². The van der Waals surface area contributed by atoms with Crippen molar-refractivity contribution in [1.82, 2.24) is 10.2 Å². The highest BCUT2D eigenvalue weighted by Crippen LogP contribution is 2.28. The van der Waals surface area contributed by atoms with Gasteiger partial charge in [0.25, 0.3) is 5.91 Å². The Kier molecular flexibility index (Phi) is 6.65. The Labute approximate surface area is 170 Å². The number of carbonyl (C=O) groups excluding carboxylic acids is 3. The van der Waals surface area contributed by atoms with Crippen molar-refractivity contribution in [2.75, 3.05) is 13.2 Å². The largest absolute Gasteiger partial charge is 0.455 e. The van der Waals surface area contributed by atoms with Crippen molar-refractivity contribution in [3.8, 4) is 0 Å². The van der Waals surface area contributed by atoms with Crippen molar-refractivity contribution in [3.63, 3.8) is 0 Å². The number of nitrogens with one attached hydrogen (secondary N) is 1. The van der Waals surface area contributed by atoms with Crippen LogP contribution in [0.15, 0.2) is 54.6 Å². The number of esters is 1. The van der Waals surface area contributed by atoms with E-state index >= 15 is 0 Å². The van der Waals surface area contributed by atoms with Gasteiger partial charge in [-0.25, -0.2) is 0 Å². The Morgan fingerprint density at radius 3 is 2.55 bits per heavy atom. The quantitative estimate of drug-likeness (QED) is 0.733. The third-order valence-electron chi connectivity index (χ3n) is 5.32. The Hall–Kier alpha value is -3.15. The predicted molar refractivity (Wildman–Crippen MR) is 109 cm³/mol. The van der Waals surface area contributed by atoms with Crippen LogP contribution in [0.3, 0.4) is 0 Å². The highest BCUT2D eigenvalue weighted by atomic mass is 16.5. The minimum absolute atomic E-state index is 0.0766. The van der Waals surface area contributed by atoms with Gasteiger partial charge in [0.05, 0.1) is 12.0 Å². The summed E-state index contributed by atoms with van der Waals surface area (Å²) in [4.78, 5) is 38.4. The number of nitrogens with zero attached hydrogens (tertiary/aromatic N) is 1. The lowest BCUT2D eigenvalue weighted by Gasteiger charge is -2.25. The molecule has 1 fully saturated rings. The topological polar surface area (TPSA) is 75.7 Å². The molecule has 2 amide bonds. The van der Waals surface area contributed by atoms with E-state index in [0.717, 1.165) is 16.7 Å². The van der Waals surface area contributed by atoms with Gasteiger partial charge in [-0.1, -0.05) is 54.6 Å². The lowest BCUT2D eigenvalue weighted by atomic mass is 10.1. The lowest BCUT2D eigenvalue weighted by molar-refractivity contribution is -0.152. The zero-order chi connectivity index (χ0) is 20.8. The molecule has 2 aromatic carbocycles. The average Bonchev–Trinajstić information content (AvgIpc) is 3.13. The summed E-state index contributed by atoms with van der Waals surface area (Å²) in [6.07, 6.45) is 0.112. The smallest absolute Gasteiger partial charge is 0.311 e. The summed E-state index contributed by atoms with van der Waals surface area (Å²) in [7, 11) is 0. The molecule has 6 nitrogen and oxygen atoms in total. The maximum absolute atomic E-state index is 12.4. The van der Waals surface area contributed by atoms with Crippen LogP contribution in [0.4, 0.5) is 0 Å². The number of ether oxygens (including phenoxy) is 1. The normalized spacial score (nSPS) is 17.1. The van der Waals surface area contributed by atoms with Gasteiger partial charge in [-0.05, 0) is 30.5 Å². The SMILES string of the molecule is Cc1ccccc1CNC(=O)COC(=O)[C@H]1CC(=O)N([C@@H](C)c2ccccc2)C1. The molecule has 0 aliphatic carbocycles. The van der Waals surface area contributed by atoms with E-state index in [4.69, 9.17) is 4.74 Å². The van der Waals surface area contributed by atoms with Crippen molar-refractivity contribution < 1.29 is 19.1 Å². The van der Waals surface area contributed by atoms with Crippen LogP contribution in [-0.4, -0.2) is 35.8 Å². The summed E-state index contributed by atoms with van der Waals surface area (Å²) in [6, 6.07) is 17.3. The van der Waals surface area contributed by atoms with Gasteiger partial charge in [-0.3, -0.25) is 14.4 Å². The highest BCUT2D eigenvalue weighted by Gasteiger charge is 2.38. The number of aryl methyl sites for hydroxylation is 1. The Morgan fingerprint density at radius 1 is 1.14 bits per heavy atom. The van der Waals surface area contributed by atoms with Crippen LogP contribution in [0.2, 0.25) is 0 Å². The molecule has 0 aromatic heterocycles. The van der Waals surface area contributed by atoms with Crippen LogP contribution in [0.25, 0.3) is 0 Å². The molecular formula is C23H26N2O4. The number of likely N-dealkylation sites (tertiary alicyclic amines) is 1. The van der Waals surface area contributed by atoms with E-state index in [1.165, 1.54) is 0 Å². The molecule has 0 spiro atoms. The van der Waals surface area contributed by atoms with Gasteiger partial charge in [0, 0.05) is 19.5 Å². The summed E-state index contributed by atoms with van der Waals surface area (Å²) < 4.78 is 5.16. The zero-order valence-corrected chi connectivity index (χ0v) is 16.8. The van der Waals surface area contributed by atoms with E-state index in [9.17, 15) is 14.4 Å². The van der Waals surface area contributed by atoms with Crippen molar-refractivity contribution >= 4 is 17.8 Å². The number of hydrogen-bond acceptors (Lipinski definition) is 4. The number of carbonyl (C=O) groups is 3. The van der Waals surface area contributed by atoms with E-state index in [1.54, 1.807) is 4.90 Å². The third-order valence-corrected chi connectivity index (χ3v) is 5.32. The summed E-state index contributed by atoms with van der Waals surface area (Å²) in [5.41, 5.74) is 3.12. The lowest BCUT2D eigenvalue weighted by Crippen LogP contribution is -2.32. The fraction of sp³-hybridized carbons (Fsp3) is 0.348. The fourth-order valence-corrected chi connectivity index (χ4v) is 3.48. The number of benzene rings is 2. The molecule has 1 heterocycles. The van der Waals surface area contributed by atoms with Gasteiger partial charge in [0.15, 0.2) is 6.61 Å². The Bertz CT molecular complexity index is 881. The summed E-state index contributed by atoms with van der Waals surface area (Å²) in [5, 5.41) is 2.75. The molecule has 1 aliphatic rings. The molecule has 1 N–H and O–H groups in total. The van der Waals surface area contributed by atoms with Crippen LogP contribution < -0.4 is 5.32 Å². The van der Waals surface area contributed by atoms with Crippen molar-refractivity contribution in [3.05, 3.63) is 71.3 Å². The first kappa shape index (κ1) is 20.6. The van der Waals surface area contributed by atoms with Gasteiger partial charge < -0.3 is 15.0 Å². The Morgan fingerprint density at radius 2 is 1.83 bits per heavy atom. The van der Waals surface area contributed by atoms with Crippen LogP contribution in [0.1, 0.15) is 36.1 Å². The fourth-order valence-electron chi connectivity index (χ4n) is 3.48. The van der Waals surface area contributed by atoms with Gasteiger partial charge in [-0.15, -0.1) is 0 Å². The maximum atomic E-state index is 12.4. The van der Waals surface area contributed by atoms with Gasteiger partial charge >= 0.3 is 5.97 Å². The maximum Gasteiger partial charge on any atom is 0.311 e. The first-order valence-electron chi connectivity index (χ1n) is 9.78. The molecule has 0 radical (unpaired) electrons. The molecule has 29 heavy (non-hydrogen) atoms. The summed E-state index contributed by atoms with van der Waals surface area (Å²) >= 11 is 0. The van der Waals surface area contributed by atoms with E-state index in [0.29, 0.717) is 13.1 Å². The second-order valence-electron chi connectivity index (χ2n) is 7.34. The first-order valence-corrected chi connectivity index (χ1v) is 9.78. The van der Waals surface area contributed by atoms with Crippen molar-refractivity contribution in [2.45, 2.75) is 32.9 Å². The first-order chi connectivity index (χ1) is 14.0. The number of amides is 2. The van der Waals surface area contributed by atoms with Crippen LogP contribution in [0, 0.1) is 12.8 Å². The summed E-state index contributed by atoms with van der Waals surface area (Å²) in [6.45, 7) is 4.26. The van der Waals surface area contributed by atoms with Crippen molar-refractivity contribution in [1.29, 1.82) is 0 Å². The second-order valence-corrected chi connectivity index (χ2v) is 7.34. The minimum Gasteiger partial charge on any atom is -0.455 e. The van der Waals surface area contributed by atoms with Crippen molar-refractivity contribution in [2.24, 2.45) is 5.92 Å². The number of rotatable bonds is 7. The molecule has 1 aliphatic heterocycles. The van der Waals surface area contributed by atoms with Gasteiger partial charge in [0.1, 0.15) is 0 Å². The molecule has 1 saturated heterocycles. The Balaban J connectivity index is 1.47. The van der Waals surface area contributed by atoms with Crippen LogP contribution in [0.5, 0.6) is 0 Å². The molecule has 152 valence electrons. The standard InChI is InChI=1S/C23H26N2O4/c1-16-8-6-7-11-19(16)13-24-21(26)15-29-23(28)20-12-22(27)25(14-20)17(2)18-9-4-3-5-10-18/h3-11,17,20H,12-15H2,1-2H3,(H,24,26)/t17-,20-/m0/s1. The van der Waals surface area contributed by atoms with Crippen LogP contribution >= 0.6 is 0 Å². The molecule has 6 heteroatoms. The monoisotopic (exact) mass is 394 g/mol. The molecule has 0 saturated carbocycles. The molecule has 2 aromatic rings. The van der Waals surface area contributed by atoms with Gasteiger partial charge in [-0.2, -0.15) is 0 Å². The molecule has 0 unspecified atom stereocenters. The predicted octanol–water partition coefficient (Wildman–Crippen LogP) is 2.76.